The van der Waals surface area contributed by atoms with Crippen molar-refractivity contribution in [2.75, 3.05) is 51.4 Å². The highest BCUT2D eigenvalue weighted by Crippen LogP contribution is 2.19. The van der Waals surface area contributed by atoms with Gasteiger partial charge in [-0.3, -0.25) is 0 Å². The molecule has 0 bridgehead atoms. The normalized spacial score (nSPS) is 19.5. The largest absolute Gasteiger partial charge is 0.354 e. The number of piperidine rings is 1. The lowest BCUT2D eigenvalue weighted by molar-refractivity contribution is 0.215. The Labute approximate surface area is 139 Å². The number of rotatable bonds is 7. The van der Waals surface area contributed by atoms with E-state index in [1.54, 1.807) is 20.3 Å². The maximum Gasteiger partial charge on any atom is 0.213 e. The molecule has 8 heteroatoms. The van der Waals surface area contributed by atoms with E-state index in [2.05, 4.69) is 27.0 Å². The van der Waals surface area contributed by atoms with Crippen LogP contribution >= 0.6 is 0 Å². The van der Waals surface area contributed by atoms with Gasteiger partial charge in [-0.1, -0.05) is 0 Å². The lowest BCUT2D eigenvalue weighted by Crippen LogP contribution is -2.47. The third-order valence-electron chi connectivity index (χ3n) is 4.37. The lowest BCUT2D eigenvalue weighted by atomic mass is 10.0. The van der Waals surface area contributed by atoms with Gasteiger partial charge in [-0.15, -0.1) is 5.10 Å². The third kappa shape index (κ3) is 5.12. The fraction of sp³-hybridized carbons (Fsp3) is 0.733. The van der Waals surface area contributed by atoms with E-state index in [1.807, 2.05) is 12.1 Å². The van der Waals surface area contributed by atoms with Crippen molar-refractivity contribution in [3.05, 3.63) is 18.3 Å². The summed E-state index contributed by atoms with van der Waals surface area (Å²) in [5.41, 5.74) is 0. The Bertz CT molecular complexity index is 579. The summed E-state index contributed by atoms with van der Waals surface area (Å²) >= 11 is 0. The quantitative estimate of drug-likeness (QED) is 0.726. The minimum absolute atomic E-state index is 0.199. The second-order valence-corrected chi connectivity index (χ2v) is 8.56. The molecule has 23 heavy (non-hydrogen) atoms. The lowest BCUT2D eigenvalue weighted by Gasteiger charge is -2.38. The van der Waals surface area contributed by atoms with Crippen LogP contribution in [0, 0.1) is 0 Å². The molecule has 0 N–H and O–H groups in total. The fourth-order valence-electron chi connectivity index (χ4n) is 2.85. The molecule has 0 saturated carbocycles. The zero-order valence-corrected chi connectivity index (χ0v) is 15.0. The molecular formula is C15H27N5O2S. The van der Waals surface area contributed by atoms with Gasteiger partial charge in [0.15, 0.2) is 5.82 Å². The number of hydrogen-bond acceptors (Lipinski definition) is 6. The Balaban J connectivity index is 1.84. The van der Waals surface area contributed by atoms with Crippen molar-refractivity contribution in [3.63, 3.8) is 0 Å². The molecule has 0 amide bonds. The average molecular weight is 341 g/mol. The van der Waals surface area contributed by atoms with E-state index in [4.69, 9.17) is 0 Å². The summed E-state index contributed by atoms with van der Waals surface area (Å²) in [5, 5.41) is 8.13. The summed E-state index contributed by atoms with van der Waals surface area (Å²) in [5.74, 6) is 1.12. The molecule has 0 radical (unpaired) electrons. The maximum atomic E-state index is 11.8. The molecule has 7 nitrogen and oxygen atoms in total. The second-order valence-electron chi connectivity index (χ2n) is 6.26. The Morgan fingerprint density at radius 3 is 2.78 bits per heavy atom. The van der Waals surface area contributed by atoms with Crippen LogP contribution in [-0.4, -0.2) is 80.4 Å². The minimum atomic E-state index is -3.10. The van der Waals surface area contributed by atoms with E-state index in [0.717, 1.165) is 38.3 Å². The summed E-state index contributed by atoms with van der Waals surface area (Å²) in [4.78, 5) is 4.53. The summed E-state index contributed by atoms with van der Waals surface area (Å²) in [6.07, 6.45) is 4.58. The van der Waals surface area contributed by atoms with Crippen LogP contribution in [0.25, 0.3) is 0 Å². The van der Waals surface area contributed by atoms with E-state index >= 15 is 0 Å². The predicted octanol–water partition coefficient (Wildman–Crippen LogP) is 0.659. The Kier molecular flexibility index (Phi) is 6.32. The van der Waals surface area contributed by atoms with Crippen LogP contribution in [0.5, 0.6) is 0 Å². The third-order valence-corrected chi connectivity index (χ3v) is 6.29. The van der Waals surface area contributed by atoms with Gasteiger partial charge < -0.3 is 9.80 Å². The summed E-state index contributed by atoms with van der Waals surface area (Å²) in [6, 6.07) is 4.31. The standard InChI is InChI=1S/C15H27N5O2S/c1-18(2)23(21,22)12-6-10-19(3)14-7-5-11-20(13-14)15-8-4-9-16-17-15/h4,8-9,14H,5-7,10-13H2,1-3H3. The number of likely N-dealkylation sites (N-methyl/N-ethyl adjacent to an activating group) is 1. The molecule has 1 fully saturated rings. The zero-order valence-electron chi connectivity index (χ0n) is 14.2. The summed E-state index contributed by atoms with van der Waals surface area (Å²) < 4.78 is 24.9. The van der Waals surface area contributed by atoms with Gasteiger partial charge in [0.05, 0.1) is 5.75 Å². The molecular weight excluding hydrogens is 314 g/mol. The second kappa shape index (κ2) is 8.03. The van der Waals surface area contributed by atoms with Gasteiger partial charge in [-0.2, -0.15) is 5.10 Å². The molecule has 1 aromatic heterocycles. The Morgan fingerprint density at radius 1 is 1.35 bits per heavy atom. The van der Waals surface area contributed by atoms with Gasteiger partial charge in [-0.05, 0) is 45.0 Å². The first kappa shape index (κ1) is 18.1. The van der Waals surface area contributed by atoms with Gasteiger partial charge >= 0.3 is 0 Å². The van der Waals surface area contributed by atoms with Crippen molar-refractivity contribution in [3.8, 4) is 0 Å². The molecule has 130 valence electrons. The molecule has 2 heterocycles. The molecule has 0 spiro atoms. The smallest absolute Gasteiger partial charge is 0.213 e. The van der Waals surface area contributed by atoms with Crippen LogP contribution < -0.4 is 4.90 Å². The molecule has 1 unspecified atom stereocenters. The molecule has 1 aliphatic heterocycles. The van der Waals surface area contributed by atoms with E-state index < -0.39 is 10.0 Å². The maximum absolute atomic E-state index is 11.8. The van der Waals surface area contributed by atoms with Gasteiger partial charge in [0.1, 0.15) is 0 Å². The first-order valence-electron chi connectivity index (χ1n) is 8.03. The fourth-order valence-corrected chi connectivity index (χ4v) is 3.71. The molecule has 2 rings (SSSR count). The van der Waals surface area contributed by atoms with Crippen LogP contribution in [-0.2, 0) is 10.0 Å². The van der Waals surface area contributed by atoms with E-state index in [1.165, 1.54) is 4.31 Å². The summed E-state index contributed by atoms with van der Waals surface area (Å²) in [6.45, 7) is 2.69. The SMILES string of the molecule is CN(CCCS(=O)(=O)N(C)C)C1CCCN(c2cccnn2)C1. The van der Waals surface area contributed by atoms with Crippen LogP contribution in [0.15, 0.2) is 18.3 Å². The van der Waals surface area contributed by atoms with Gasteiger partial charge in [-0.25, -0.2) is 12.7 Å². The van der Waals surface area contributed by atoms with Gasteiger partial charge in [0.2, 0.25) is 10.0 Å². The highest BCUT2D eigenvalue weighted by Gasteiger charge is 2.24. The van der Waals surface area contributed by atoms with E-state index in [0.29, 0.717) is 12.5 Å². The Morgan fingerprint density at radius 2 is 2.13 bits per heavy atom. The molecule has 1 aliphatic rings. The number of aromatic nitrogens is 2. The Hall–Kier alpha value is -1.25. The number of anilines is 1. The van der Waals surface area contributed by atoms with E-state index in [-0.39, 0.29) is 5.75 Å². The molecule has 0 aliphatic carbocycles. The predicted molar refractivity (Wildman–Crippen MR) is 92.0 cm³/mol. The van der Waals surface area contributed by atoms with Crippen molar-refractivity contribution in [1.29, 1.82) is 0 Å². The minimum Gasteiger partial charge on any atom is -0.354 e. The van der Waals surface area contributed by atoms with Crippen molar-refractivity contribution in [2.45, 2.75) is 25.3 Å². The average Bonchev–Trinajstić information content (AvgIpc) is 2.55. The molecule has 1 saturated heterocycles. The summed E-state index contributed by atoms with van der Waals surface area (Å²) in [7, 11) is 2.14. The van der Waals surface area contributed by atoms with Gasteiger partial charge in [0, 0.05) is 39.4 Å². The first-order chi connectivity index (χ1) is 10.9. The highest BCUT2D eigenvalue weighted by molar-refractivity contribution is 7.89. The van der Waals surface area contributed by atoms with Gasteiger partial charge in [0.25, 0.3) is 0 Å². The van der Waals surface area contributed by atoms with Crippen molar-refractivity contribution in [2.24, 2.45) is 0 Å². The van der Waals surface area contributed by atoms with Crippen LogP contribution in [0.3, 0.4) is 0 Å². The number of hydrogen-bond donors (Lipinski definition) is 0. The van der Waals surface area contributed by atoms with Crippen LogP contribution in [0.1, 0.15) is 19.3 Å². The monoisotopic (exact) mass is 341 g/mol. The first-order valence-corrected chi connectivity index (χ1v) is 9.64. The van der Waals surface area contributed by atoms with Crippen molar-refractivity contribution in [1.82, 2.24) is 19.4 Å². The number of sulfonamides is 1. The van der Waals surface area contributed by atoms with Crippen molar-refractivity contribution >= 4 is 15.8 Å². The van der Waals surface area contributed by atoms with Crippen molar-refractivity contribution < 1.29 is 8.42 Å². The van der Waals surface area contributed by atoms with Crippen LogP contribution in [0.4, 0.5) is 5.82 Å². The topological polar surface area (TPSA) is 69.6 Å². The number of nitrogens with zero attached hydrogens (tertiary/aromatic N) is 5. The molecule has 0 aromatic carbocycles. The van der Waals surface area contributed by atoms with E-state index in [9.17, 15) is 8.42 Å². The zero-order chi connectivity index (χ0) is 16.9. The molecule has 1 aromatic rings. The highest BCUT2D eigenvalue weighted by atomic mass is 32.2. The van der Waals surface area contributed by atoms with Crippen LogP contribution in [0.2, 0.25) is 0 Å². The molecule has 1 atom stereocenters.